The zero-order chi connectivity index (χ0) is 14.2. The Labute approximate surface area is 119 Å². The zero-order valence-electron chi connectivity index (χ0n) is 11.5. The van der Waals surface area contributed by atoms with Crippen LogP contribution in [0.3, 0.4) is 0 Å². The Kier molecular flexibility index (Phi) is 3.81. The maximum Gasteiger partial charge on any atom is 0.229 e. The van der Waals surface area contributed by atoms with E-state index in [1.54, 1.807) is 0 Å². The second kappa shape index (κ2) is 5.44. The molecule has 1 aromatic rings. The van der Waals surface area contributed by atoms with Crippen LogP contribution in [-0.2, 0) is 9.84 Å². The summed E-state index contributed by atoms with van der Waals surface area (Å²) in [4.78, 5) is 4.46. The van der Waals surface area contributed by atoms with Gasteiger partial charge in [0.25, 0.3) is 0 Å². The number of hydrogen-bond donors (Lipinski definition) is 1. The molecule has 2 heterocycles. The summed E-state index contributed by atoms with van der Waals surface area (Å²) in [5.74, 6) is 2.50. The predicted octanol–water partition coefficient (Wildman–Crippen LogP) is 1.20. The van der Waals surface area contributed by atoms with Gasteiger partial charge < -0.3 is 10.3 Å². The average molecular weight is 299 g/mol. The SMILES string of the molecule is NCC1CCC(c2nc(C3CCS(=O)(=O)C3)no2)CC1. The molecule has 0 amide bonds. The Morgan fingerprint density at radius 1 is 1.15 bits per heavy atom. The molecule has 0 spiro atoms. The van der Waals surface area contributed by atoms with Gasteiger partial charge in [-0.1, -0.05) is 5.16 Å². The molecule has 0 aromatic carbocycles. The van der Waals surface area contributed by atoms with E-state index in [1.807, 2.05) is 0 Å². The Balaban J connectivity index is 1.66. The lowest BCUT2D eigenvalue weighted by atomic mass is 9.82. The molecule has 1 aromatic heterocycles. The molecule has 1 aliphatic heterocycles. The molecule has 112 valence electrons. The summed E-state index contributed by atoms with van der Waals surface area (Å²) in [7, 11) is -2.91. The summed E-state index contributed by atoms with van der Waals surface area (Å²) in [6, 6.07) is 0. The van der Waals surface area contributed by atoms with Crippen LogP contribution in [0.15, 0.2) is 4.52 Å². The fraction of sp³-hybridized carbons (Fsp3) is 0.846. The largest absolute Gasteiger partial charge is 0.339 e. The Morgan fingerprint density at radius 2 is 1.90 bits per heavy atom. The molecule has 0 radical (unpaired) electrons. The molecule has 20 heavy (non-hydrogen) atoms. The Hall–Kier alpha value is -0.950. The van der Waals surface area contributed by atoms with Gasteiger partial charge in [-0.25, -0.2) is 8.42 Å². The third kappa shape index (κ3) is 2.88. The molecular formula is C13H21N3O3S. The molecule has 3 rings (SSSR count). The maximum absolute atomic E-state index is 11.5. The van der Waals surface area contributed by atoms with Crippen LogP contribution in [0.2, 0.25) is 0 Å². The molecular weight excluding hydrogens is 278 g/mol. The lowest BCUT2D eigenvalue weighted by Gasteiger charge is -2.24. The van der Waals surface area contributed by atoms with Crippen LogP contribution in [0, 0.1) is 5.92 Å². The molecule has 1 unspecified atom stereocenters. The second-order valence-electron chi connectivity index (χ2n) is 6.04. The summed E-state index contributed by atoms with van der Waals surface area (Å²) in [5, 5.41) is 4.00. The van der Waals surface area contributed by atoms with Gasteiger partial charge in [0.2, 0.25) is 5.89 Å². The Bertz CT molecular complexity index is 561. The van der Waals surface area contributed by atoms with E-state index in [4.69, 9.17) is 10.3 Å². The van der Waals surface area contributed by atoms with Gasteiger partial charge in [0.05, 0.1) is 11.5 Å². The second-order valence-corrected chi connectivity index (χ2v) is 8.27. The molecule has 6 nitrogen and oxygen atoms in total. The molecule has 7 heteroatoms. The van der Waals surface area contributed by atoms with Crippen LogP contribution >= 0.6 is 0 Å². The van der Waals surface area contributed by atoms with Crippen molar-refractivity contribution in [2.75, 3.05) is 18.1 Å². The number of nitrogens with zero attached hydrogens (tertiary/aromatic N) is 2. The number of nitrogens with two attached hydrogens (primary N) is 1. The van der Waals surface area contributed by atoms with Gasteiger partial charge in [0.1, 0.15) is 0 Å². The molecule has 1 aliphatic carbocycles. The topological polar surface area (TPSA) is 99.1 Å². The standard InChI is InChI=1S/C13H21N3O3S/c14-7-9-1-3-10(4-2-9)13-15-12(16-19-13)11-5-6-20(17,18)8-11/h9-11H,1-8,14H2. The summed E-state index contributed by atoms with van der Waals surface area (Å²) in [6.07, 6.45) is 4.90. The first-order chi connectivity index (χ1) is 9.57. The van der Waals surface area contributed by atoms with Gasteiger partial charge in [-0.3, -0.25) is 0 Å². The van der Waals surface area contributed by atoms with E-state index in [0.717, 1.165) is 32.2 Å². The van der Waals surface area contributed by atoms with Gasteiger partial charge in [0.15, 0.2) is 15.7 Å². The molecule has 1 saturated heterocycles. The minimum absolute atomic E-state index is 0.0853. The maximum atomic E-state index is 11.5. The quantitative estimate of drug-likeness (QED) is 0.900. The first kappa shape index (κ1) is 14.0. The minimum Gasteiger partial charge on any atom is -0.339 e. The van der Waals surface area contributed by atoms with E-state index in [9.17, 15) is 8.42 Å². The smallest absolute Gasteiger partial charge is 0.229 e. The molecule has 2 aliphatic rings. The third-order valence-corrected chi connectivity index (χ3v) is 6.35. The van der Waals surface area contributed by atoms with Gasteiger partial charge in [-0.05, 0) is 44.6 Å². The predicted molar refractivity (Wildman–Crippen MR) is 74.1 cm³/mol. The number of sulfone groups is 1. The molecule has 1 saturated carbocycles. The van der Waals surface area contributed by atoms with Gasteiger partial charge in [-0.15, -0.1) is 0 Å². The van der Waals surface area contributed by atoms with Crippen LogP contribution in [0.5, 0.6) is 0 Å². The van der Waals surface area contributed by atoms with Crippen molar-refractivity contribution in [1.82, 2.24) is 10.1 Å². The first-order valence-corrected chi connectivity index (χ1v) is 9.13. The van der Waals surface area contributed by atoms with Crippen LogP contribution in [0.4, 0.5) is 0 Å². The van der Waals surface area contributed by atoms with Crippen molar-refractivity contribution < 1.29 is 12.9 Å². The lowest BCUT2D eigenvalue weighted by Crippen LogP contribution is -2.20. The summed E-state index contributed by atoms with van der Waals surface area (Å²) < 4.78 is 28.4. The monoisotopic (exact) mass is 299 g/mol. The number of rotatable bonds is 3. The highest BCUT2D eigenvalue weighted by Gasteiger charge is 2.33. The van der Waals surface area contributed by atoms with Gasteiger partial charge in [0, 0.05) is 11.8 Å². The molecule has 1 atom stereocenters. The van der Waals surface area contributed by atoms with Crippen molar-refractivity contribution in [3.05, 3.63) is 11.7 Å². The van der Waals surface area contributed by atoms with Crippen molar-refractivity contribution in [1.29, 1.82) is 0 Å². The van der Waals surface area contributed by atoms with E-state index in [2.05, 4.69) is 10.1 Å². The lowest BCUT2D eigenvalue weighted by molar-refractivity contribution is 0.273. The van der Waals surface area contributed by atoms with Crippen molar-refractivity contribution >= 4 is 9.84 Å². The molecule has 2 N–H and O–H groups in total. The summed E-state index contributed by atoms with van der Waals surface area (Å²) in [6.45, 7) is 0.752. The van der Waals surface area contributed by atoms with Crippen LogP contribution < -0.4 is 5.73 Å². The minimum atomic E-state index is -2.91. The summed E-state index contributed by atoms with van der Waals surface area (Å²) >= 11 is 0. The number of hydrogen-bond acceptors (Lipinski definition) is 6. The first-order valence-electron chi connectivity index (χ1n) is 7.31. The fourth-order valence-corrected chi connectivity index (χ4v) is 4.96. The normalized spacial score (nSPS) is 33.4. The highest BCUT2D eigenvalue weighted by atomic mass is 32.2. The van der Waals surface area contributed by atoms with E-state index < -0.39 is 9.84 Å². The summed E-state index contributed by atoms with van der Waals surface area (Å²) in [5.41, 5.74) is 5.69. The van der Waals surface area contributed by atoms with Gasteiger partial charge >= 0.3 is 0 Å². The van der Waals surface area contributed by atoms with E-state index >= 15 is 0 Å². The third-order valence-electron chi connectivity index (χ3n) is 4.58. The van der Waals surface area contributed by atoms with E-state index in [0.29, 0.717) is 30.0 Å². The van der Waals surface area contributed by atoms with E-state index in [1.165, 1.54) is 0 Å². The van der Waals surface area contributed by atoms with Crippen molar-refractivity contribution in [3.8, 4) is 0 Å². The van der Waals surface area contributed by atoms with Crippen LogP contribution in [0.1, 0.15) is 55.7 Å². The zero-order valence-corrected chi connectivity index (χ0v) is 12.3. The highest BCUT2D eigenvalue weighted by molar-refractivity contribution is 7.91. The van der Waals surface area contributed by atoms with Crippen LogP contribution in [0.25, 0.3) is 0 Å². The van der Waals surface area contributed by atoms with Crippen molar-refractivity contribution in [2.45, 2.75) is 43.9 Å². The fourth-order valence-electron chi connectivity index (χ4n) is 3.22. The van der Waals surface area contributed by atoms with Crippen LogP contribution in [-0.4, -0.2) is 36.6 Å². The molecule has 2 fully saturated rings. The average Bonchev–Trinajstić information content (AvgIpc) is 3.05. The molecule has 0 bridgehead atoms. The Morgan fingerprint density at radius 3 is 2.50 bits per heavy atom. The highest BCUT2D eigenvalue weighted by Crippen LogP contribution is 2.35. The number of aromatic nitrogens is 2. The van der Waals surface area contributed by atoms with Crippen molar-refractivity contribution in [2.24, 2.45) is 11.7 Å². The van der Waals surface area contributed by atoms with Gasteiger partial charge in [-0.2, -0.15) is 4.98 Å². The van der Waals surface area contributed by atoms with E-state index in [-0.39, 0.29) is 17.4 Å². The van der Waals surface area contributed by atoms with Crippen molar-refractivity contribution in [3.63, 3.8) is 0 Å².